The number of carbonyl (C=O) groups is 1. The van der Waals surface area contributed by atoms with E-state index in [0.717, 1.165) is 23.7 Å². The van der Waals surface area contributed by atoms with E-state index in [4.69, 9.17) is 4.74 Å². The van der Waals surface area contributed by atoms with Crippen molar-refractivity contribution < 1.29 is 14.3 Å². The lowest BCUT2D eigenvalue weighted by Crippen LogP contribution is -2.24. The first-order chi connectivity index (χ1) is 11.2. The van der Waals surface area contributed by atoms with Crippen LogP contribution in [0.2, 0.25) is 0 Å². The number of ether oxygens (including phenoxy) is 2. The number of likely N-dealkylation sites (N-methyl/N-ethyl adjacent to an activating group) is 1. The van der Waals surface area contributed by atoms with E-state index in [1.54, 1.807) is 6.20 Å². The van der Waals surface area contributed by atoms with Gasteiger partial charge >= 0.3 is 5.97 Å². The van der Waals surface area contributed by atoms with Crippen molar-refractivity contribution in [1.29, 1.82) is 0 Å². The number of nitrogens with zero attached hydrogens (tertiary/aromatic N) is 2. The van der Waals surface area contributed by atoms with Crippen molar-refractivity contribution in [2.75, 3.05) is 32.2 Å². The second kappa shape index (κ2) is 8.78. The SMILES string of the molecule is COC(=O)CCc1ccc(OCCN(C)c2ccccn2)cc1. The summed E-state index contributed by atoms with van der Waals surface area (Å²) in [5.41, 5.74) is 1.09. The molecule has 0 fully saturated rings. The van der Waals surface area contributed by atoms with E-state index in [-0.39, 0.29) is 5.97 Å². The van der Waals surface area contributed by atoms with Gasteiger partial charge in [-0.05, 0) is 36.2 Å². The molecule has 0 atom stereocenters. The number of rotatable bonds is 8. The highest BCUT2D eigenvalue weighted by Gasteiger charge is 2.03. The predicted molar refractivity (Wildman–Crippen MR) is 89.8 cm³/mol. The van der Waals surface area contributed by atoms with E-state index in [2.05, 4.69) is 9.72 Å². The van der Waals surface area contributed by atoms with Gasteiger partial charge in [0.15, 0.2) is 0 Å². The Labute approximate surface area is 136 Å². The van der Waals surface area contributed by atoms with Crippen molar-refractivity contribution in [3.05, 3.63) is 54.2 Å². The molecule has 0 bridgehead atoms. The molecule has 1 heterocycles. The van der Waals surface area contributed by atoms with Crippen LogP contribution >= 0.6 is 0 Å². The van der Waals surface area contributed by atoms with Crippen LogP contribution in [0.1, 0.15) is 12.0 Å². The van der Waals surface area contributed by atoms with E-state index in [9.17, 15) is 4.79 Å². The number of hydrogen-bond donors (Lipinski definition) is 0. The lowest BCUT2D eigenvalue weighted by molar-refractivity contribution is -0.140. The molecule has 1 aromatic carbocycles. The van der Waals surface area contributed by atoms with Crippen LogP contribution in [-0.4, -0.2) is 38.3 Å². The highest BCUT2D eigenvalue weighted by Crippen LogP contribution is 2.14. The maximum atomic E-state index is 11.1. The lowest BCUT2D eigenvalue weighted by Gasteiger charge is -2.18. The van der Waals surface area contributed by atoms with Crippen molar-refractivity contribution in [2.24, 2.45) is 0 Å². The number of methoxy groups -OCH3 is 1. The summed E-state index contributed by atoms with van der Waals surface area (Å²) in [4.78, 5) is 17.5. The fourth-order valence-electron chi connectivity index (χ4n) is 2.10. The van der Waals surface area contributed by atoms with Gasteiger partial charge in [0.2, 0.25) is 0 Å². The average molecular weight is 314 g/mol. The molecule has 23 heavy (non-hydrogen) atoms. The summed E-state index contributed by atoms with van der Waals surface area (Å²) >= 11 is 0. The fourth-order valence-corrected chi connectivity index (χ4v) is 2.10. The van der Waals surface area contributed by atoms with E-state index in [1.807, 2.05) is 54.4 Å². The van der Waals surface area contributed by atoms with E-state index in [1.165, 1.54) is 7.11 Å². The van der Waals surface area contributed by atoms with Crippen LogP contribution in [0.3, 0.4) is 0 Å². The quantitative estimate of drug-likeness (QED) is 0.701. The number of benzene rings is 1. The summed E-state index contributed by atoms with van der Waals surface area (Å²) in [7, 11) is 3.39. The van der Waals surface area contributed by atoms with Gasteiger partial charge in [0, 0.05) is 19.7 Å². The highest BCUT2D eigenvalue weighted by atomic mass is 16.5. The molecule has 122 valence electrons. The summed E-state index contributed by atoms with van der Waals surface area (Å²) < 4.78 is 10.4. The van der Waals surface area contributed by atoms with Crippen molar-refractivity contribution in [2.45, 2.75) is 12.8 Å². The predicted octanol–water partition coefficient (Wildman–Crippen LogP) is 2.70. The molecule has 0 unspecified atom stereocenters. The van der Waals surface area contributed by atoms with Crippen molar-refractivity contribution >= 4 is 11.8 Å². The summed E-state index contributed by atoms with van der Waals surface area (Å²) in [6.45, 7) is 1.33. The second-order valence-corrected chi connectivity index (χ2v) is 5.18. The second-order valence-electron chi connectivity index (χ2n) is 5.18. The molecule has 2 rings (SSSR count). The molecule has 0 radical (unpaired) electrons. The van der Waals surface area contributed by atoms with Gasteiger partial charge in [-0.2, -0.15) is 0 Å². The average Bonchev–Trinajstić information content (AvgIpc) is 2.61. The highest BCUT2D eigenvalue weighted by molar-refractivity contribution is 5.69. The Morgan fingerprint density at radius 1 is 1.17 bits per heavy atom. The Bertz CT molecular complexity index is 599. The van der Waals surface area contributed by atoms with Gasteiger partial charge < -0.3 is 14.4 Å². The minimum absolute atomic E-state index is 0.192. The third kappa shape index (κ3) is 5.62. The minimum atomic E-state index is -0.192. The number of pyridine rings is 1. The third-order valence-corrected chi connectivity index (χ3v) is 3.50. The van der Waals surface area contributed by atoms with Crippen molar-refractivity contribution in [3.63, 3.8) is 0 Å². The topological polar surface area (TPSA) is 51.7 Å². The molecule has 0 aliphatic carbocycles. The molecule has 5 heteroatoms. The Hall–Kier alpha value is -2.56. The fraction of sp³-hybridized carbons (Fsp3) is 0.333. The molecule has 0 amide bonds. The first kappa shape index (κ1) is 16.8. The minimum Gasteiger partial charge on any atom is -0.492 e. The van der Waals surface area contributed by atoms with Gasteiger partial charge in [0.05, 0.1) is 13.7 Å². The first-order valence-electron chi connectivity index (χ1n) is 7.60. The van der Waals surface area contributed by atoms with Gasteiger partial charge in [0.1, 0.15) is 18.2 Å². The molecule has 0 aliphatic rings. The third-order valence-electron chi connectivity index (χ3n) is 3.50. The van der Waals surface area contributed by atoms with Gasteiger partial charge in [0.25, 0.3) is 0 Å². The Balaban J connectivity index is 1.74. The van der Waals surface area contributed by atoms with Gasteiger partial charge in [-0.1, -0.05) is 18.2 Å². The summed E-state index contributed by atoms with van der Waals surface area (Å²) in [5, 5.41) is 0. The molecule has 5 nitrogen and oxygen atoms in total. The van der Waals surface area contributed by atoms with Crippen LogP contribution in [0.25, 0.3) is 0 Å². The number of aromatic nitrogens is 1. The van der Waals surface area contributed by atoms with Gasteiger partial charge in [-0.3, -0.25) is 4.79 Å². The molecule has 2 aromatic rings. The Morgan fingerprint density at radius 2 is 1.96 bits per heavy atom. The van der Waals surface area contributed by atoms with Crippen LogP contribution in [0.5, 0.6) is 5.75 Å². The van der Waals surface area contributed by atoms with Crippen LogP contribution in [-0.2, 0) is 16.0 Å². The van der Waals surface area contributed by atoms with Crippen molar-refractivity contribution in [3.8, 4) is 5.75 Å². The van der Waals surface area contributed by atoms with Crippen molar-refractivity contribution in [1.82, 2.24) is 4.98 Å². The van der Waals surface area contributed by atoms with Gasteiger partial charge in [-0.25, -0.2) is 4.98 Å². The molecule has 0 saturated heterocycles. The maximum absolute atomic E-state index is 11.1. The molecule has 0 aliphatic heterocycles. The number of esters is 1. The molecule has 0 spiro atoms. The Morgan fingerprint density at radius 3 is 2.61 bits per heavy atom. The molecule has 1 aromatic heterocycles. The van der Waals surface area contributed by atoms with E-state index >= 15 is 0 Å². The largest absolute Gasteiger partial charge is 0.492 e. The lowest BCUT2D eigenvalue weighted by atomic mass is 10.1. The van der Waals surface area contributed by atoms with Crippen LogP contribution < -0.4 is 9.64 Å². The zero-order chi connectivity index (χ0) is 16.5. The molecular formula is C18H22N2O3. The monoisotopic (exact) mass is 314 g/mol. The summed E-state index contributed by atoms with van der Waals surface area (Å²) in [5.74, 6) is 1.55. The van der Waals surface area contributed by atoms with Crippen LogP contribution in [0, 0.1) is 0 Å². The van der Waals surface area contributed by atoms with Crippen LogP contribution in [0.15, 0.2) is 48.7 Å². The molecular weight excluding hydrogens is 292 g/mol. The van der Waals surface area contributed by atoms with E-state index in [0.29, 0.717) is 19.4 Å². The number of hydrogen-bond acceptors (Lipinski definition) is 5. The van der Waals surface area contributed by atoms with E-state index < -0.39 is 0 Å². The Kier molecular flexibility index (Phi) is 6.41. The van der Waals surface area contributed by atoms with Crippen LogP contribution in [0.4, 0.5) is 5.82 Å². The normalized spacial score (nSPS) is 10.2. The number of anilines is 1. The zero-order valence-corrected chi connectivity index (χ0v) is 13.6. The maximum Gasteiger partial charge on any atom is 0.305 e. The standard InChI is InChI=1S/C18H22N2O3/c1-20(17-5-3-4-12-19-17)13-14-23-16-9-6-15(7-10-16)8-11-18(21)22-2/h3-7,9-10,12H,8,11,13-14H2,1-2H3. The smallest absolute Gasteiger partial charge is 0.305 e. The van der Waals surface area contributed by atoms with Gasteiger partial charge in [-0.15, -0.1) is 0 Å². The summed E-state index contributed by atoms with van der Waals surface area (Å²) in [6, 6.07) is 13.6. The molecule has 0 saturated carbocycles. The zero-order valence-electron chi connectivity index (χ0n) is 13.6. The molecule has 0 N–H and O–H groups in total. The number of carbonyl (C=O) groups excluding carboxylic acids is 1. The summed E-state index contributed by atoms with van der Waals surface area (Å²) in [6.07, 6.45) is 2.85. The number of aryl methyl sites for hydroxylation is 1. The first-order valence-corrected chi connectivity index (χ1v) is 7.60.